The Morgan fingerprint density at radius 2 is 1.78 bits per heavy atom. The molecule has 0 bridgehead atoms. The van der Waals surface area contributed by atoms with Crippen molar-refractivity contribution in [1.82, 2.24) is 14.5 Å². The molecule has 0 radical (unpaired) electrons. The highest BCUT2D eigenvalue weighted by Gasteiger charge is 2.30. The van der Waals surface area contributed by atoms with Crippen LogP contribution in [0.3, 0.4) is 0 Å². The minimum atomic E-state index is -0.413. The van der Waals surface area contributed by atoms with Crippen LogP contribution in [0, 0.1) is 5.92 Å². The van der Waals surface area contributed by atoms with Crippen molar-refractivity contribution in [2.45, 2.75) is 58.9 Å². The van der Waals surface area contributed by atoms with Crippen LogP contribution in [-0.2, 0) is 9.53 Å². The highest BCUT2D eigenvalue weighted by molar-refractivity contribution is 5.80. The van der Waals surface area contributed by atoms with Crippen LogP contribution in [0.1, 0.15) is 64.7 Å². The molecular formula is C29H39N3O4. The number of hydrogen-bond acceptors (Lipinski definition) is 5. The van der Waals surface area contributed by atoms with E-state index in [-0.39, 0.29) is 17.4 Å². The molecule has 0 aliphatic rings. The number of unbranched alkanes of at least 4 members (excludes halogenated alkanes) is 1. The van der Waals surface area contributed by atoms with E-state index in [1.807, 2.05) is 54.3 Å². The van der Waals surface area contributed by atoms with Crippen LogP contribution >= 0.6 is 0 Å². The molecular weight excluding hydrogens is 454 g/mol. The van der Waals surface area contributed by atoms with Crippen LogP contribution in [0.2, 0.25) is 0 Å². The van der Waals surface area contributed by atoms with Gasteiger partial charge in [-0.1, -0.05) is 38.8 Å². The molecule has 0 fully saturated rings. The van der Waals surface area contributed by atoms with E-state index in [0.29, 0.717) is 47.7 Å². The normalized spacial score (nSPS) is 12.9. The number of para-hydroxylation sites is 1. The molecule has 0 saturated carbocycles. The minimum Gasteiger partial charge on any atom is -0.497 e. The Kier molecular flexibility index (Phi) is 10.1. The fraction of sp³-hybridized carbons (Fsp3) is 0.483. The van der Waals surface area contributed by atoms with Gasteiger partial charge in [0.05, 0.1) is 29.7 Å². The van der Waals surface area contributed by atoms with Gasteiger partial charge >= 0.3 is 0 Å². The Morgan fingerprint density at radius 1 is 1.06 bits per heavy atom. The van der Waals surface area contributed by atoms with Crippen LogP contribution in [0.4, 0.5) is 0 Å². The molecule has 0 N–H and O–H groups in total. The zero-order valence-corrected chi connectivity index (χ0v) is 22.2. The van der Waals surface area contributed by atoms with Gasteiger partial charge < -0.3 is 14.4 Å². The van der Waals surface area contributed by atoms with Crippen molar-refractivity contribution in [3.05, 3.63) is 64.7 Å². The van der Waals surface area contributed by atoms with E-state index in [2.05, 4.69) is 13.8 Å². The maximum atomic E-state index is 13.8. The predicted molar refractivity (Wildman–Crippen MR) is 144 cm³/mol. The third-order valence-corrected chi connectivity index (χ3v) is 6.75. The van der Waals surface area contributed by atoms with E-state index in [1.165, 1.54) is 0 Å². The molecule has 194 valence electrons. The summed E-state index contributed by atoms with van der Waals surface area (Å²) >= 11 is 0. The SMILES string of the molecule is CCCCC(CC)C(=O)N(CCCOC)C(C)c1nc2ccccc2c(=O)n1-c1ccc(OC)cc1. The minimum absolute atomic E-state index is 0.0587. The summed E-state index contributed by atoms with van der Waals surface area (Å²) < 4.78 is 12.2. The van der Waals surface area contributed by atoms with Crippen molar-refractivity contribution in [3.8, 4) is 11.4 Å². The second kappa shape index (κ2) is 13.2. The molecule has 1 amide bonds. The van der Waals surface area contributed by atoms with Crippen LogP contribution < -0.4 is 10.3 Å². The fourth-order valence-electron chi connectivity index (χ4n) is 4.61. The van der Waals surface area contributed by atoms with Gasteiger partial charge in [-0.05, 0) is 62.6 Å². The molecule has 36 heavy (non-hydrogen) atoms. The molecule has 2 unspecified atom stereocenters. The number of benzene rings is 2. The lowest BCUT2D eigenvalue weighted by molar-refractivity contribution is -0.138. The molecule has 0 spiro atoms. The molecule has 0 saturated heterocycles. The number of methoxy groups -OCH3 is 2. The summed E-state index contributed by atoms with van der Waals surface area (Å²) in [5, 5.41) is 0.538. The second-order valence-electron chi connectivity index (χ2n) is 9.13. The summed E-state index contributed by atoms with van der Waals surface area (Å²) in [5.74, 6) is 1.29. The molecule has 2 atom stereocenters. The topological polar surface area (TPSA) is 73.7 Å². The van der Waals surface area contributed by atoms with Crippen molar-refractivity contribution in [2.75, 3.05) is 27.4 Å². The van der Waals surface area contributed by atoms with Gasteiger partial charge in [0.2, 0.25) is 5.91 Å². The first-order valence-corrected chi connectivity index (χ1v) is 12.9. The third-order valence-electron chi connectivity index (χ3n) is 6.75. The molecule has 7 nitrogen and oxygen atoms in total. The van der Waals surface area contributed by atoms with Gasteiger partial charge in [-0.25, -0.2) is 4.98 Å². The zero-order chi connectivity index (χ0) is 26.1. The van der Waals surface area contributed by atoms with Crippen LogP contribution in [0.15, 0.2) is 53.3 Å². The van der Waals surface area contributed by atoms with Gasteiger partial charge in [0.15, 0.2) is 0 Å². The molecule has 3 rings (SSSR count). The molecule has 7 heteroatoms. The van der Waals surface area contributed by atoms with E-state index >= 15 is 0 Å². The third kappa shape index (κ3) is 6.13. The number of amides is 1. The van der Waals surface area contributed by atoms with Crippen molar-refractivity contribution < 1.29 is 14.3 Å². The van der Waals surface area contributed by atoms with Crippen LogP contribution in [0.5, 0.6) is 5.75 Å². The second-order valence-corrected chi connectivity index (χ2v) is 9.13. The predicted octanol–water partition coefficient (Wildman–Crippen LogP) is 5.54. The Morgan fingerprint density at radius 3 is 2.42 bits per heavy atom. The van der Waals surface area contributed by atoms with Crippen molar-refractivity contribution in [3.63, 3.8) is 0 Å². The van der Waals surface area contributed by atoms with Crippen LogP contribution in [-0.4, -0.2) is 47.7 Å². The monoisotopic (exact) mass is 493 g/mol. The summed E-state index contributed by atoms with van der Waals surface area (Å²) in [5.41, 5.74) is 1.15. The summed E-state index contributed by atoms with van der Waals surface area (Å²) in [6.45, 7) is 7.26. The number of fused-ring (bicyclic) bond motifs is 1. The molecule has 1 heterocycles. The average molecular weight is 494 g/mol. The Hall–Kier alpha value is -3.19. The standard InChI is InChI=1S/C29H39N3O4/c1-6-8-12-22(7-2)28(33)31(19-11-20-35-4)21(3)27-30-26-14-10-9-13-25(26)29(34)32(27)23-15-17-24(36-5)18-16-23/h9-10,13-18,21-22H,6-8,11-12,19-20H2,1-5H3. The highest BCUT2D eigenvalue weighted by atomic mass is 16.5. The lowest BCUT2D eigenvalue weighted by atomic mass is 9.96. The molecule has 1 aromatic heterocycles. The number of nitrogens with zero attached hydrogens (tertiary/aromatic N) is 3. The van der Waals surface area contributed by atoms with Crippen molar-refractivity contribution in [2.24, 2.45) is 5.92 Å². The summed E-state index contributed by atoms with van der Waals surface area (Å²) in [6, 6.07) is 14.3. The molecule has 2 aromatic carbocycles. The Bertz CT molecular complexity index is 1190. The number of aromatic nitrogens is 2. The summed E-state index contributed by atoms with van der Waals surface area (Å²) in [4.78, 5) is 34.4. The van der Waals surface area contributed by atoms with E-state index in [0.717, 1.165) is 25.7 Å². The van der Waals surface area contributed by atoms with E-state index in [1.54, 1.807) is 24.9 Å². The molecule has 0 aliphatic heterocycles. The highest BCUT2D eigenvalue weighted by Crippen LogP contribution is 2.27. The molecule has 3 aromatic rings. The number of rotatable bonds is 13. The first-order valence-electron chi connectivity index (χ1n) is 12.9. The maximum absolute atomic E-state index is 13.8. The van der Waals surface area contributed by atoms with E-state index < -0.39 is 6.04 Å². The summed E-state index contributed by atoms with van der Waals surface area (Å²) in [7, 11) is 3.27. The van der Waals surface area contributed by atoms with Gasteiger partial charge in [-0.2, -0.15) is 0 Å². The number of hydrogen-bond donors (Lipinski definition) is 0. The smallest absolute Gasteiger partial charge is 0.266 e. The van der Waals surface area contributed by atoms with Crippen LogP contribution in [0.25, 0.3) is 16.6 Å². The fourth-order valence-corrected chi connectivity index (χ4v) is 4.61. The van der Waals surface area contributed by atoms with Gasteiger partial charge in [-0.3, -0.25) is 14.2 Å². The van der Waals surface area contributed by atoms with Gasteiger partial charge in [-0.15, -0.1) is 0 Å². The maximum Gasteiger partial charge on any atom is 0.266 e. The van der Waals surface area contributed by atoms with Gasteiger partial charge in [0.1, 0.15) is 11.6 Å². The first-order chi connectivity index (χ1) is 17.5. The number of ether oxygens (including phenoxy) is 2. The van der Waals surface area contributed by atoms with E-state index in [9.17, 15) is 9.59 Å². The number of carbonyl (C=O) groups is 1. The van der Waals surface area contributed by atoms with E-state index in [4.69, 9.17) is 14.5 Å². The lowest BCUT2D eigenvalue weighted by Gasteiger charge is -2.33. The van der Waals surface area contributed by atoms with Crippen molar-refractivity contribution in [1.29, 1.82) is 0 Å². The lowest BCUT2D eigenvalue weighted by Crippen LogP contribution is -2.41. The number of carbonyl (C=O) groups excluding carboxylic acids is 1. The van der Waals surface area contributed by atoms with Gasteiger partial charge in [0.25, 0.3) is 5.56 Å². The Labute approximate surface area is 214 Å². The zero-order valence-electron chi connectivity index (χ0n) is 22.2. The van der Waals surface area contributed by atoms with Crippen molar-refractivity contribution >= 4 is 16.8 Å². The average Bonchev–Trinajstić information content (AvgIpc) is 2.91. The Balaban J connectivity index is 2.15. The van der Waals surface area contributed by atoms with Gasteiger partial charge in [0, 0.05) is 26.2 Å². The largest absolute Gasteiger partial charge is 0.497 e. The first kappa shape index (κ1) is 27.4. The molecule has 0 aliphatic carbocycles. The quantitative estimate of drug-likeness (QED) is 0.293. The summed E-state index contributed by atoms with van der Waals surface area (Å²) in [6.07, 6.45) is 4.40.